The molecule has 10 aromatic rings. The Hall–Kier alpha value is -7.30. The van der Waals surface area contributed by atoms with E-state index in [4.69, 9.17) is 4.42 Å². The number of nitrogens with zero attached hydrogens (tertiary/aromatic N) is 1. The quantitative estimate of drug-likeness (QED) is 0.180. The smallest absolute Gasteiger partial charge is 0.197 e. The summed E-state index contributed by atoms with van der Waals surface area (Å²) in [7, 11) is 2.47. The van der Waals surface area contributed by atoms with Crippen LogP contribution in [-0.2, 0) is 16.2 Å². The predicted octanol–water partition coefficient (Wildman–Crippen LogP) is 14.6. The second kappa shape index (κ2) is 12.9. The normalized spacial score (nSPS) is 16.3. The van der Waals surface area contributed by atoms with Crippen molar-refractivity contribution in [3.8, 4) is 22.3 Å². The molecule has 2 aliphatic heterocycles. The van der Waals surface area contributed by atoms with Crippen LogP contribution in [0.1, 0.15) is 73.9 Å². The Labute approximate surface area is 380 Å². The molecule has 0 saturated heterocycles. The minimum absolute atomic E-state index is 0.0813. The lowest BCUT2D eigenvalue weighted by Gasteiger charge is -2.48. The van der Waals surface area contributed by atoms with Gasteiger partial charge in [-0.25, -0.2) is 0 Å². The predicted molar refractivity (Wildman–Crippen MR) is 272 cm³/mol. The molecule has 1 spiro atoms. The number of furan rings is 1. The van der Waals surface area contributed by atoms with E-state index >= 15 is 0 Å². The van der Waals surface area contributed by atoms with Gasteiger partial charge in [0, 0.05) is 39.1 Å². The number of hydrogen-bond acceptors (Lipinski definition) is 3. The van der Waals surface area contributed by atoms with E-state index in [9.17, 15) is 0 Å². The van der Waals surface area contributed by atoms with Gasteiger partial charge in [-0.05, 0) is 132 Å². The molecule has 0 amide bonds. The lowest BCUT2D eigenvalue weighted by atomic mass is 9.54. The fraction of sp³-hybridized carbons (Fsp3) is 0.148. The van der Waals surface area contributed by atoms with Crippen molar-refractivity contribution in [1.29, 1.82) is 0 Å². The maximum Gasteiger partial charge on any atom is 0.197 e. The van der Waals surface area contributed by atoms with E-state index in [1.807, 2.05) is 0 Å². The molecule has 0 saturated carbocycles. The molecule has 14 rings (SSSR count). The number of hydrogen-bond donors (Lipinski definition) is 1. The molecule has 2 aliphatic carbocycles. The minimum atomic E-state index is -0.473. The van der Waals surface area contributed by atoms with E-state index < -0.39 is 5.41 Å². The van der Waals surface area contributed by atoms with E-state index in [1.165, 1.54) is 95.3 Å². The Morgan fingerprint density at radius 1 is 0.492 bits per heavy atom. The van der Waals surface area contributed by atoms with E-state index in [0.29, 0.717) is 0 Å². The Kier molecular flexibility index (Phi) is 7.38. The molecule has 0 bridgehead atoms. The minimum Gasteiger partial charge on any atom is -0.456 e. The van der Waals surface area contributed by atoms with Crippen molar-refractivity contribution >= 4 is 79.4 Å². The summed E-state index contributed by atoms with van der Waals surface area (Å²) in [6.45, 7) is 9.62. The van der Waals surface area contributed by atoms with Gasteiger partial charge in [0.1, 0.15) is 11.2 Å². The van der Waals surface area contributed by atoms with Crippen LogP contribution < -0.4 is 21.1 Å². The number of nitrogens with one attached hydrogen (secondary N) is 1. The highest BCUT2D eigenvalue weighted by atomic mass is 16.3. The van der Waals surface area contributed by atoms with E-state index in [2.05, 4.69) is 221 Å². The van der Waals surface area contributed by atoms with Crippen LogP contribution in [0.2, 0.25) is 0 Å². The van der Waals surface area contributed by atoms with Gasteiger partial charge in [0.2, 0.25) is 0 Å². The summed E-state index contributed by atoms with van der Waals surface area (Å²) in [5.74, 6) is 0. The first kappa shape index (κ1) is 37.1. The van der Waals surface area contributed by atoms with Crippen molar-refractivity contribution in [1.82, 2.24) is 0 Å². The SMILES string of the molecule is CC1(C)CCC(C)(C)c2cc(Nc3cc4c(cc3-c3c5c(cc6ccccc36)N3c6ccccc6C6(c7ccccc7-c7ccccc76)c6cccc(c63)[B]5)oc3ccccc34)ccc21. The molecule has 1 N–H and O–H groups in total. The van der Waals surface area contributed by atoms with Gasteiger partial charge >= 0.3 is 0 Å². The molecule has 1 radical (unpaired) electrons. The van der Waals surface area contributed by atoms with Gasteiger partial charge < -0.3 is 14.6 Å². The van der Waals surface area contributed by atoms with Gasteiger partial charge in [0.05, 0.1) is 11.1 Å². The van der Waals surface area contributed by atoms with Crippen LogP contribution in [0.4, 0.5) is 28.4 Å². The van der Waals surface area contributed by atoms with Gasteiger partial charge in [-0.2, -0.15) is 0 Å². The molecule has 3 heterocycles. The highest BCUT2D eigenvalue weighted by molar-refractivity contribution is 6.74. The van der Waals surface area contributed by atoms with Gasteiger partial charge in [-0.15, -0.1) is 0 Å². The molecule has 65 heavy (non-hydrogen) atoms. The van der Waals surface area contributed by atoms with E-state index in [-0.39, 0.29) is 10.8 Å². The molecule has 4 heteroatoms. The molecule has 4 aliphatic rings. The number of rotatable bonds is 3. The number of fused-ring (bicyclic) bond motifs is 16. The van der Waals surface area contributed by atoms with Gasteiger partial charge in [-0.3, -0.25) is 0 Å². The van der Waals surface area contributed by atoms with Crippen LogP contribution in [-0.4, -0.2) is 7.28 Å². The maximum absolute atomic E-state index is 6.73. The first-order chi connectivity index (χ1) is 31.7. The third-order valence-corrected chi connectivity index (χ3v) is 15.7. The van der Waals surface area contributed by atoms with E-state index in [0.717, 1.165) is 45.3 Å². The molecule has 3 nitrogen and oxygen atoms in total. The molecule has 0 atom stereocenters. The Balaban J connectivity index is 1.04. The van der Waals surface area contributed by atoms with Gasteiger partial charge in [0.25, 0.3) is 0 Å². The average Bonchev–Trinajstić information content (AvgIpc) is 3.84. The summed E-state index contributed by atoms with van der Waals surface area (Å²) in [6, 6.07) is 65.8. The van der Waals surface area contributed by atoms with Crippen LogP contribution in [0.3, 0.4) is 0 Å². The van der Waals surface area contributed by atoms with Crippen molar-refractivity contribution in [2.45, 2.75) is 56.8 Å². The topological polar surface area (TPSA) is 28.4 Å². The first-order valence-corrected chi connectivity index (χ1v) is 23.2. The molecule has 0 fully saturated rings. The number of para-hydroxylation sites is 3. The average molecular weight is 834 g/mol. The van der Waals surface area contributed by atoms with Crippen molar-refractivity contribution < 1.29 is 4.42 Å². The summed E-state index contributed by atoms with van der Waals surface area (Å²) < 4.78 is 6.73. The van der Waals surface area contributed by atoms with Crippen LogP contribution >= 0.6 is 0 Å². The summed E-state index contributed by atoms with van der Waals surface area (Å²) in [6.07, 6.45) is 2.35. The molecule has 309 valence electrons. The maximum atomic E-state index is 6.73. The van der Waals surface area contributed by atoms with Crippen LogP contribution in [0.5, 0.6) is 0 Å². The monoisotopic (exact) mass is 833 g/mol. The van der Waals surface area contributed by atoms with E-state index in [1.54, 1.807) is 0 Å². The summed E-state index contributed by atoms with van der Waals surface area (Å²) >= 11 is 0. The molecule has 0 unspecified atom stereocenters. The Morgan fingerprint density at radius 2 is 1.15 bits per heavy atom. The fourth-order valence-corrected chi connectivity index (χ4v) is 12.6. The molecular weight excluding hydrogens is 787 g/mol. The van der Waals surface area contributed by atoms with Crippen LogP contribution in [0.25, 0.3) is 55.0 Å². The zero-order valence-corrected chi connectivity index (χ0v) is 37.1. The van der Waals surface area contributed by atoms with Crippen LogP contribution in [0, 0.1) is 0 Å². The molecular formula is C61H46BN2O. The van der Waals surface area contributed by atoms with Crippen molar-refractivity contribution in [3.05, 3.63) is 209 Å². The highest BCUT2D eigenvalue weighted by Gasteiger charge is 2.53. The lowest BCUT2D eigenvalue weighted by molar-refractivity contribution is 0.332. The second-order valence-electron chi connectivity index (χ2n) is 20.1. The Bertz CT molecular complexity index is 3660. The second-order valence-corrected chi connectivity index (χ2v) is 20.1. The fourth-order valence-electron chi connectivity index (χ4n) is 12.6. The first-order valence-electron chi connectivity index (χ1n) is 23.2. The summed E-state index contributed by atoms with van der Waals surface area (Å²) in [5.41, 5.74) is 22.8. The standard InChI is InChI=1S/C61H46BN2O/c1-59(2)30-31-60(3,4)49-33-37(28-29-46(49)59)63-51-34-42-41-20-9-14-27-54(41)65-55(42)35-43(51)56-38-17-6-5-16-36(38)32-53-57(56)62-50-25-15-24-48-58(50)64(53)52-26-13-12-23-47(52)61(48)44-21-10-7-18-39(44)40-19-8-11-22-45(40)61/h5-29,32-35,63H,30-31H2,1-4H3. The van der Waals surface area contributed by atoms with Crippen molar-refractivity contribution in [2.24, 2.45) is 0 Å². The van der Waals surface area contributed by atoms with Crippen molar-refractivity contribution in [2.75, 3.05) is 10.2 Å². The lowest BCUT2D eigenvalue weighted by Crippen LogP contribution is -2.47. The number of benzene rings is 9. The highest BCUT2D eigenvalue weighted by Crippen LogP contribution is 2.63. The van der Waals surface area contributed by atoms with Crippen LogP contribution in [0.15, 0.2) is 180 Å². The zero-order valence-electron chi connectivity index (χ0n) is 37.1. The summed E-state index contributed by atoms with van der Waals surface area (Å²) in [5, 5.41) is 8.68. The third-order valence-electron chi connectivity index (χ3n) is 15.7. The zero-order chi connectivity index (χ0) is 43.4. The third kappa shape index (κ3) is 4.92. The Morgan fingerprint density at radius 3 is 1.95 bits per heavy atom. The number of anilines is 5. The largest absolute Gasteiger partial charge is 0.456 e. The van der Waals surface area contributed by atoms with Gasteiger partial charge in [0.15, 0.2) is 7.28 Å². The van der Waals surface area contributed by atoms with Gasteiger partial charge in [-0.1, -0.05) is 167 Å². The summed E-state index contributed by atoms with van der Waals surface area (Å²) in [4.78, 5) is 2.58. The molecule has 1 aromatic heterocycles. The van der Waals surface area contributed by atoms with Crippen molar-refractivity contribution in [3.63, 3.8) is 0 Å². The molecule has 9 aromatic carbocycles.